The highest BCUT2D eigenvalue weighted by Crippen LogP contribution is 2.11. The van der Waals surface area contributed by atoms with E-state index in [0.29, 0.717) is 13.2 Å². The molecule has 0 saturated heterocycles. The summed E-state index contributed by atoms with van der Waals surface area (Å²) >= 11 is 0. The molecule has 0 bridgehead atoms. The molecular weight excluding hydrogens is 1160 g/mol. The second-order valence-electron chi connectivity index (χ2n) is 21.0. The molecule has 0 aromatic rings. The van der Waals surface area contributed by atoms with Crippen LogP contribution < -0.4 is 48.7 Å². The summed E-state index contributed by atoms with van der Waals surface area (Å²) in [6.45, 7) is 9.09. The van der Waals surface area contributed by atoms with Gasteiger partial charge in [-0.25, -0.2) is 0 Å². The van der Waals surface area contributed by atoms with Crippen molar-refractivity contribution in [3.63, 3.8) is 0 Å². The van der Waals surface area contributed by atoms with Crippen LogP contribution in [-0.4, -0.2) is 249 Å². The van der Waals surface area contributed by atoms with E-state index < -0.39 is 89.8 Å². The molecule has 0 fully saturated rings. The molecule has 0 radical (unpaired) electrons. The smallest absolute Gasteiger partial charge is 0.303 e. The Hall–Kier alpha value is -6.63. The number of carbonyl (C=O) groups is 11. The Labute approximate surface area is 515 Å². The number of ether oxygens (including phenoxy) is 8. The van der Waals surface area contributed by atoms with Crippen molar-refractivity contribution in [2.75, 3.05) is 138 Å². The minimum Gasteiger partial charge on any atom is -0.481 e. The number of nitrogens with two attached hydrogens (primary N) is 2. The van der Waals surface area contributed by atoms with Crippen molar-refractivity contribution in [1.82, 2.24) is 42.1 Å². The van der Waals surface area contributed by atoms with Crippen LogP contribution >= 0.6 is 0 Å². The van der Waals surface area contributed by atoms with Crippen LogP contribution in [-0.2, 0) is 90.6 Å². The first-order valence-electron chi connectivity index (χ1n) is 30.0. The molecule has 1 rings (SSSR count). The second kappa shape index (κ2) is 50.3. The maximum Gasteiger partial charge on any atom is 0.303 e. The molecule has 5 atom stereocenters. The van der Waals surface area contributed by atoms with Gasteiger partial charge in [-0.05, 0) is 50.4 Å². The summed E-state index contributed by atoms with van der Waals surface area (Å²) in [5, 5.41) is 36.4. The van der Waals surface area contributed by atoms with Crippen molar-refractivity contribution < 1.29 is 101 Å². The fourth-order valence-corrected chi connectivity index (χ4v) is 8.00. The van der Waals surface area contributed by atoms with E-state index in [-0.39, 0.29) is 188 Å². The Kier molecular flexibility index (Phi) is 45.3. The Morgan fingerprint density at radius 3 is 1.35 bits per heavy atom. The molecule has 9 amide bonds. The molecule has 13 N–H and O–H groups in total. The van der Waals surface area contributed by atoms with Crippen molar-refractivity contribution in [2.24, 2.45) is 23.3 Å². The Bertz CT molecular complexity index is 2160. The summed E-state index contributed by atoms with van der Waals surface area (Å²) in [5.74, 6) is -1.86. The van der Waals surface area contributed by atoms with Gasteiger partial charge in [0.05, 0.1) is 106 Å². The fraction of sp³-hybridized carbons (Fsp3) is 0.772. The van der Waals surface area contributed by atoms with Gasteiger partial charge in [0, 0.05) is 58.3 Å². The normalized spacial score (nSPS) is 14.4. The lowest BCUT2D eigenvalue weighted by Gasteiger charge is -2.23. The molecule has 0 aliphatic heterocycles. The lowest BCUT2D eigenvalue weighted by Crippen LogP contribution is -2.54. The first kappa shape index (κ1) is 79.4. The second-order valence-corrected chi connectivity index (χ2v) is 21.0. The van der Waals surface area contributed by atoms with Gasteiger partial charge in [-0.15, -0.1) is 5.92 Å². The van der Waals surface area contributed by atoms with Crippen molar-refractivity contribution in [1.29, 1.82) is 0 Å². The number of carboxylic acids is 2. The van der Waals surface area contributed by atoms with Crippen molar-refractivity contribution in [3.8, 4) is 11.8 Å². The van der Waals surface area contributed by atoms with Crippen LogP contribution in [0.1, 0.15) is 105 Å². The number of carboxylic acid groups (broad SMARTS) is 2. The van der Waals surface area contributed by atoms with E-state index in [2.05, 4.69) is 49.1 Å². The van der Waals surface area contributed by atoms with E-state index >= 15 is 0 Å². The van der Waals surface area contributed by atoms with Gasteiger partial charge in [0.1, 0.15) is 36.9 Å². The first-order valence-corrected chi connectivity index (χ1v) is 30.0. The molecule has 0 aromatic carbocycles. The third kappa shape index (κ3) is 43.1. The molecule has 1 unspecified atom stereocenters. The molecule has 31 nitrogen and oxygen atoms in total. The number of aliphatic carboxylic acids is 2. The van der Waals surface area contributed by atoms with Crippen molar-refractivity contribution >= 4 is 65.1 Å². The Morgan fingerprint density at radius 1 is 0.489 bits per heavy atom. The van der Waals surface area contributed by atoms with Crippen molar-refractivity contribution in [2.45, 2.75) is 135 Å². The predicted octanol–water partition coefficient (Wildman–Crippen LogP) is -2.77. The van der Waals surface area contributed by atoms with Gasteiger partial charge in [-0.1, -0.05) is 40.0 Å². The van der Waals surface area contributed by atoms with Crippen LogP contribution in [0.5, 0.6) is 0 Å². The summed E-state index contributed by atoms with van der Waals surface area (Å²) in [6, 6.07) is -4.34. The minimum absolute atomic E-state index is 0.0137. The predicted molar refractivity (Wildman–Crippen MR) is 315 cm³/mol. The highest BCUT2D eigenvalue weighted by molar-refractivity contribution is 5.93. The monoisotopic (exact) mass is 1260 g/mol. The van der Waals surface area contributed by atoms with Crippen LogP contribution in [0.25, 0.3) is 0 Å². The molecule has 0 aromatic heterocycles. The summed E-state index contributed by atoms with van der Waals surface area (Å²) in [4.78, 5) is 137. The van der Waals surface area contributed by atoms with E-state index in [9.17, 15) is 52.7 Å². The number of hydrogen-bond acceptors (Lipinski definition) is 20. The van der Waals surface area contributed by atoms with Gasteiger partial charge < -0.3 is 96.8 Å². The van der Waals surface area contributed by atoms with Crippen LogP contribution in [0.3, 0.4) is 0 Å². The van der Waals surface area contributed by atoms with Gasteiger partial charge in [0.15, 0.2) is 0 Å². The molecule has 0 spiro atoms. The lowest BCUT2D eigenvalue weighted by molar-refractivity contribution is -0.139. The zero-order valence-corrected chi connectivity index (χ0v) is 51.6. The van der Waals surface area contributed by atoms with E-state index in [1.54, 1.807) is 32.6 Å². The number of nitrogens with one attached hydrogen (secondary N) is 7. The number of primary amides is 2. The van der Waals surface area contributed by atoms with Crippen LogP contribution in [0.2, 0.25) is 0 Å². The van der Waals surface area contributed by atoms with Gasteiger partial charge in [0.25, 0.3) is 0 Å². The lowest BCUT2D eigenvalue weighted by atomic mass is 10.0. The average Bonchev–Trinajstić information content (AvgIpc) is 3.62. The largest absolute Gasteiger partial charge is 0.481 e. The first-order chi connectivity index (χ1) is 42.1. The minimum atomic E-state index is -1.23. The van der Waals surface area contributed by atoms with Crippen LogP contribution in [0.15, 0.2) is 0 Å². The van der Waals surface area contributed by atoms with E-state index in [0.717, 1.165) is 32.1 Å². The molecule has 0 heterocycles. The van der Waals surface area contributed by atoms with Gasteiger partial charge >= 0.3 is 11.9 Å². The Morgan fingerprint density at radius 2 is 0.909 bits per heavy atom. The summed E-state index contributed by atoms with van der Waals surface area (Å²) in [7, 11) is 0. The zero-order chi connectivity index (χ0) is 65.3. The fourth-order valence-electron chi connectivity index (χ4n) is 8.00. The third-order valence-corrected chi connectivity index (χ3v) is 12.7. The van der Waals surface area contributed by atoms with Gasteiger partial charge in [-0.3, -0.25) is 57.6 Å². The van der Waals surface area contributed by atoms with Gasteiger partial charge in [-0.2, -0.15) is 0 Å². The van der Waals surface area contributed by atoms with E-state index in [1.807, 2.05) is 0 Å². The maximum atomic E-state index is 13.0. The molecular formula is C57H98N10O21. The summed E-state index contributed by atoms with van der Waals surface area (Å²) in [5.41, 5.74) is 10.8. The average molecular weight is 1260 g/mol. The van der Waals surface area contributed by atoms with Gasteiger partial charge in [0.2, 0.25) is 53.2 Å². The third-order valence-electron chi connectivity index (χ3n) is 12.7. The summed E-state index contributed by atoms with van der Waals surface area (Å²) < 4.78 is 44.5. The van der Waals surface area contributed by atoms with E-state index in [1.165, 1.54) is 0 Å². The highest BCUT2D eigenvalue weighted by atomic mass is 16.5. The number of carbonyl (C=O) groups excluding carboxylic acids is 9. The topological polar surface area (TPSA) is 442 Å². The number of hydrogen-bond donors (Lipinski definition) is 11. The molecule has 0 saturated carbocycles. The van der Waals surface area contributed by atoms with Crippen LogP contribution in [0.4, 0.5) is 0 Å². The molecule has 1 aliphatic rings. The quantitative estimate of drug-likeness (QED) is 0.0217. The molecule has 1 aliphatic carbocycles. The van der Waals surface area contributed by atoms with E-state index in [4.69, 9.17) is 59.6 Å². The summed E-state index contributed by atoms with van der Waals surface area (Å²) in [6.07, 6.45) is 3.60. The number of rotatable bonds is 54. The zero-order valence-electron chi connectivity index (χ0n) is 51.6. The Balaban J connectivity index is 2.55. The van der Waals surface area contributed by atoms with Crippen molar-refractivity contribution in [3.05, 3.63) is 0 Å². The SMILES string of the molecule is CC(C)[C@H](NC(=O)[C@@H](CCCC(=O)O)NC(=O)CCOCCOCCNC(=O)CN(CCOCCOCCOCCNC(=O)COC1C#CCCCCC1)CC(=O)NCCOCCOCCC(=O)N[C@H](CCC(=O)O)C(=O)N[C@H](C(N)=O)C(C)C)C(N)=O. The number of nitrogens with zero attached hydrogens (tertiary/aromatic N) is 1. The molecule has 31 heteroatoms. The maximum absolute atomic E-state index is 13.0. The highest BCUT2D eigenvalue weighted by Gasteiger charge is 2.29. The standard InChI is InChI=1S/C57H98N10O21/c1-40(2)52(54(58)77)65-56(79)43(13-10-14-50(73)74)63-45(68)17-23-81-29-31-83-25-19-60-47(70)37-67(22-28-86-34-36-87-35-33-85-27-21-62-49(72)39-88-42-11-8-6-5-7-9-12-42)38-48(71)61-20-26-84-32-30-82-24-18-46(69)64-44(15-16-51(75)76)57(80)66-53(41(3)4)55(59)78/h40-44,52-53H,5-8,10-11,13-39H2,1-4H3,(H2,58,77)(H2,59,78)(H,60,70)(H,61,71)(H,62,72)(H,63,68)(H,64,69)(H,65,79)(H,66,80)(H,73,74)(H,75,76)/t42?,43-,44-,52+,53+/m1/s1. The molecule has 502 valence electrons. The number of amides is 9. The van der Waals surface area contributed by atoms with Crippen LogP contribution in [0, 0.1) is 23.7 Å². The molecule has 88 heavy (non-hydrogen) atoms.